The number of nitrogens with zero attached hydrogens (tertiary/aromatic N) is 3. The van der Waals surface area contributed by atoms with E-state index < -0.39 is 0 Å². The second-order valence-corrected chi connectivity index (χ2v) is 6.61. The lowest BCUT2D eigenvalue weighted by molar-refractivity contribution is -0.384. The average Bonchev–Trinajstić information content (AvgIpc) is 2.69. The summed E-state index contributed by atoms with van der Waals surface area (Å²) >= 11 is 5.54. The Kier molecular flexibility index (Phi) is 5.68. The quantitative estimate of drug-likeness (QED) is 0.503. The van der Waals surface area contributed by atoms with Gasteiger partial charge >= 0.3 is 0 Å². The zero-order chi connectivity index (χ0) is 18.5. The largest absolute Gasteiger partial charge is 0.368 e. The van der Waals surface area contributed by atoms with Crippen LogP contribution in [0, 0.1) is 10.1 Å². The minimum Gasteiger partial charge on any atom is -0.368 e. The van der Waals surface area contributed by atoms with E-state index in [4.69, 9.17) is 12.2 Å². The molecule has 2 aromatic carbocycles. The molecule has 0 unspecified atom stereocenters. The van der Waals surface area contributed by atoms with Gasteiger partial charge in [-0.1, -0.05) is 19.1 Å². The predicted molar refractivity (Wildman–Crippen MR) is 109 cm³/mol. The number of hydrogen-bond acceptors (Lipinski definition) is 4. The molecule has 1 N–H and O–H groups in total. The van der Waals surface area contributed by atoms with Crippen molar-refractivity contribution in [1.29, 1.82) is 0 Å². The first-order valence-corrected chi connectivity index (χ1v) is 9.12. The molecule has 1 heterocycles. The van der Waals surface area contributed by atoms with Crippen molar-refractivity contribution >= 4 is 34.4 Å². The van der Waals surface area contributed by atoms with Crippen LogP contribution in [0.4, 0.5) is 17.1 Å². The summed E-state index contributed by atoms with van der Waals surface area (Å²) in [5, 5.41) is 14.8. The fourth-order valence-corrected chi connectivity index (χ4v) is 3.28. The molecule has 0 amide bonds. The van der Waals surface area contributed by atoms with Crippen molar-refractivity contribution in [2.45, 2.75) is 13.3 Å². The van der Waals surface area contributed by atoms with Crippen LogP contribution in [0.3, 0.4) is 0 Å². The number of anilines is 2. The summed E-state index contributed by atoms with van der Waals surface area (Å²) < 4.78 is 0. The number of nitro benzene ring substituents is 1. The summed E-state index contributed by atoms with van der Waals surface area (Å²) in [6, 6.07) is 15.0. The van der Waals surface area contributed by atoms with Crippen LogP contribution in [0.1, 0.15) is 12.5 Å². The topological polar surface area (TPSA) is 61.6 Å². The standard InChI is InChI=1S/C19H22N4O2S/c1-2-15-3-5-16(6-4-15)20-19(26)22-13-11-21(12-14-22)17-7-9-18(10-8-17)23(24)25/h3-10H,2,11-14H2,1H3,(H,20,26). The molecule has 1 aliphatic rings. The van der Waals surface area contributed by atoms with Crippen LogP contribution in [0.25, 0.3) is 0 Å². The molecule has 0 radical (unpaired) electrons. The highest BCUT2D eigenvalue weighted by molar-refractivity contribution is 7.80. The van der Waals surface area contributed by atoms with Gasteiger partial charge in [-0.3, -0.25) is 10.1 Å². The van der Waals surface area contributed by atoms with E-state index in [1.807, 2.05) is 0 Å². The molecule has 0 spiro atoms. The van der Waals surface area contributed by atoms with Crippen LogP contribution in [0.5, 0.6) is 0 Å². The van der Waals surface area contributed by atoms with E-state index in [2.05, 4.69) is 46.3 Å². The van der Waals surface area contributed by atoms with E-state index in [0.717, 1.165) is 49.1 Å². The SMILES string of the molecule is CCc1ccc(NC(=S)N2CCN(c3ccc([N+](=O)[O-])cc3)CC2)cc1. The molecule has 1 fully saturated rings. The van der Waals surface area contributed by atoms with Crippen molar-refractivity contribution in [3.63, 3.8) is 0 Å². The summed E-state index contributed by atoms with van der Waals surface area (Å²) in [4.78, 5) is 14.8. The molecule has 2 aromatic rings. The number of aryl methyl sites for hydroxylation is 1. The predicted octanol–water partition coefficient (Wildman–Crippen LogP) is 3.68. The van der Waals surface area contributed by atoms with Gasteiger partial charge in [0, 0.05) is 49.7 Å². The van der Waals surface area contributed by atoms with Gasteiger partial charge in [-0.05, 0) is 48.5 Å². The van der Waals surface area contributed by atoms with E-state index in [1.54, 1.807) is 24.3 Å². The monoisotopic (exact) mass is 370 g/mol. The van der Waals surface area contributed by atoms with E-state index in [1.165, 1.54) is 5.56 Å². The molecule has 1 aliphatic heterocycles. The van der Waals surface area contributed by atoms with Gasteiger partial charge in [0.15, 0.2) is 5.11 Å². The smallest absolute Gasteiger partial charge is 0.269 e. The van der Waals surface area contributed by atoms with Crippen LogP contribution in [-0.2, 0) is 6.42 Å². The number of rotatable bonds is 4. The first kappa shape index (κ1) is 18.1. The Labute approximate surface area is 158 Å². The zero-order valence-corrected chi connectivity index (χ0v) is 15.5. The third kappa shape index (κ3) is 4.29. The van der Waals surface area contributed by atoms with Crippen LogP contribution in [0.2, 0.25) is 0 Å². The molecule has 0 aromatic heterocycles. The molecule has 3 rings (SSSR count). The average molecular weight is 370 g/mol. The molecule has 6 nitrogen and oxygen atoms in total. The summed E-state index contributed by atoms with van der Waals surface area (Å²) in [7, 11) is 0. The van der Waals surface area contributed by atoms with E-state index in [0.29, 0.717) is 0 Å². The normalized spacial score (nSPS) is 14.2. The molecule has 0 aliphatic carbocycles. The Bertz CT molecular complexity index is 769. The van der Waals surface area contributed by atoms with Crippen molar-refractivity contribution < 1.29 is 4.92 Å². The number of hydrogen-bond donors (Lipinski definition) is 1. The van der Waals surface area contributed by atoms with E-state index >= 15 is 0 Å². The molecule has 1 saturated heterocycles. The molecular weight excluding hydrogens is 348 g/mol. The fraction of sp³-hybridized carbons (Fsp3) is 0.316. The lowest BCUT2D eigenvalue weighted by Crippen LogP contribution is -2.50. The first-order chi connectivity index (χ1) is 12.6. The van der Waals surface area contributed by atoms with Gasteiger partial charge in [-0.25, -0.2) is 0 Å². The summed E-state index contributed by atoms with van der Waals surface area (Å²) in [5.41, 5.74) is 3.43. The molecule has 26 heavy (non-hydrogen) atoms. The van der Waals surface area contributed by atoms with Gasteiger partial charge < -0.3 is 15.1 Å². The third-order valence-corrected chi connectivity index (χ3v) is 4.97. The van der Waals surface area contributed by atoms with Gasteiger partial charge in [-0.15, -0.1) is 0 Å². The lowest BCUT2D eigenvalue weighted by atomic mass is 10.1. The minimum absolute atomic E-state index is 0.117. The summed E-state index contributed by atoms with van der Waals surface area (Å²) in [5.74, 6) is 0. The number of thiocarbonyl (C=S) groups is 1. The summed E-state index contributed by atoms with van der Waals surface area (Å²) in [6.07, 6.45) is 1.02. The third-order valence-electron chi connectivity index (χ3n) is 4.61. The highest BCUT2D eigenvalue weighted by Gasteiger charge is 2.19. The van der Waals surface area contributed by atoms with Crippen LogP contribution < -0.4 is 10.2 Å². The Hall–Kier alpha value is -2.67. The Balaban J connectivity index is 1.53. The van der Waals surface area contributed by atoms with Crippen molar-refractivity contribution in [3.8, 4) is 0 Å². The molecule has 136 valence electrons. The number of benzene rings is 2. The van der Waals surface area contributed by atoms with Crippen LogP contribution in [-0.4, -0.2) is 41.1 Å². The first-order valence-electron chi connectivity index (χ1n) is 8.71. The van der Waals surface area contributed by atoms with Gasteiger partial charge in [0.05, 0.1) is 4.92 Å². The van der Waals surface area contributed by atoms with Crippen molar-refractivity contribution in [1.82, 2.24) is 4.90 Å². The van der Waals surface area contributed by atoms with Gasteiger partial charge in [-0.2, -0.15) is 0 Å². The number of nitrogens with one attached hydrogen (secondary N) is 1. The molecular formula is C19H22N4O2S. The van der Waals surface area contributed by atoms with E-state index in [-0.39, 0.29) is 10.6 Å². The van der Waals surface area contributed by atoms with Crippen LogP contribution >= 0.6 is 12.2 Å². The minimum atomic E-state index is -0.376. The van der Waals surface area contributed by atoms with Crippen molar-refractivity contribution in [2.75, 3.05) is 36.4 Å². The van der Waals surface area contributed by atoms with Gasteiger partial charge in [0.25, 0.3) is 5.69 Å². The highest BCUT2D eigenvalue weighted by atomic mass is 32.1. The second-order valence-electron chi connectivity index (χ2n) is 6.23. The highest BCUT2D eigenvalue weighted by Crippen LogP contribution is 2.21. The van der Waals surface area contributed by atoms with Crippen LogP contribution in [0.15, 0.2) is 48.5 Å². The zero-order valence-electron chi connectivity index (χ0n) is 14.7. The Morgan fingerprint density at radius 3 is 2.23 bits per heavy atom. The van der Waals surface area contributed by atoms with Crippen molar-refractivity contribution in [3.05, 3.63) is 64.2 Å². The lowest BCUT2D eigenvalue weighted by Gasteiger charge is -2.37. The Morgan fingerprint density at radius 1 is 1.08 bits per heavy atom. The molecule has 0 bridgehead atoms. The number of nitro groups is 1. The maximum Gasteiger partial charge on any atom is 0.269 e. The number of piperazine rings is 1. The number of non-ortho nitro benzene ring substituents is 1. The van der Waals surface area contributed by atoms with Gasteiger partial charge in [0.1, 0.15) is 0 Å². The molecule has 7 heteroatoms. The second kappa shape index (κ2) is 8.14. The van der Waals surface area contributed by atoms with Crippen molar-refractivity contribution in [2.24, 2.45) is 0 Å². The molecule has 0 saturated carbocycles. The molecule has 0 atom stereocenters. The Morgan fingerprint density at radius 2 is 1.69 bits per heavy atom. The fourth-order valence-electron chi connectivity index (χ4n) is 2.98. The van der Waals surface area contributed by atoms with E-state index in [9.17, 15) is 10.1 Å². The van der Waals surface area contributed by atoms with Gasteiger partial charge in [0.2, 0.25) is 0 Å². The maximum absolute atomic E-state index is 10.8. The summed E-state index contributed by atoms with van der Waals surface area (Å²) in [6.45, 7) is 5.42. The maximum atomic E-state index is 10.8.